The molecule has 0 N–H and O–H groups in total. The van der Waals surface area contributed by atoms with Gasteiger partial charge in [0.15, 0.2) is 0 Å². The maximum absolute atomic E-state index is 7.04. The molecule has 0 saturated heterocycles. The van der Waals surface area contributed by atoms with Gasteiger partial charge in [0.25, 0.3) is 0 Å². The smallest absolute Gasteiger partial charge is 0.132 e. The van der Waals surface area contributed by atoms with E-state index in [-0.39, 0.29) is 10.8 Å². The Morgan fingerprint density at radius 2 is 0.812 bits per heavy atom. The summed E-state index contributed by atoms with van der Waals surface area (Å²) in [5.41, 5.74) is 16.7. The van der Waals surface area contributed by atoms with Crippen molar-refractivity contribution in [3.63, 3.8) is 0 Å². The number of rotatable bonds is 4. The topological polar surface area (TPSA) is 35.0 Å². The number of nitrogens with zero attached hydrogens (tertiary/aromatic N) is 2. The van der Waals surface area contributed by atoms with Crippen molar-refractivity contribution < 1.29 is 4.74 Å². The van der Waals surface area contributed by atoms with Crippen molar-refractivity contribution in [2.45, 2.75) is 146 Å². The van der Waals surface area contributed by atoms with Gasteiger partial charge in [-0.25, -0.2) is 0 Å². The number of fused-ring (bicyclic) bond motifs is 2. The van der Waals surface area contributed by atoms with Crippen LogP contribution in [0.1, 0.15) is 185 Å². The van der Waals surface area contributed by atoms with E-state index in [1.807, 2.05) is 0 Å². The molecule has 64 heavy (non-hydrogen) atoms. The fourth-order valence-corrected chi connectivity index (χ4v) is 14.9. The molecule has 15 rings (SSSR count). The van der Waals surface area contributed by atoms with Gasteiger partial charge in [-0.2, -0.15) is 0 Å². The van der Waals surface area contributed by atoms with Gasteiger partial charge in [-0.05, 0) is 216 Å². The van der Waals surface area contributed by atoms with Crippen LogP contribution in [0.25, 0.3) is 22.5 Å². The summed E-state index contributed by atoms with van der Waals surface area (Å²) in [7, 11) is 0. The molecular weight excluding hydrogens is 777 g/mol. The number of hydrogen-bond acceptors (Lipinski definition) is 3. The van der Waals surface area contributed by atoms with Gasteiger partial charge in [0.1, 0.15) is 16.9 Å². The molecule has 8 aliphatic carbocycles. The van der Waals surface area contributed by atoms with Crippen LogP contribution >= 0.6 is 0 Å². The summed E-state index contributed by atoms with van der Waals surface area (Å²) < 4.78 is 7.04. The van der Waals surface area contributed by atoms with E-state index in [9.17, 15) is 0 Å². The highest BCUT2D eigenvalue weighted by molar-refractivity contribution is 5.72. The normalized spacial score (nSPS) is 27.8. The van der Waals surface area contributed by atoms with Crippen molar-refractivity contribution in [1.29, 1.82) is 0 Å². The molecule has 4 saturated carbocycles. The van der Waals surface area contributed by atoms with Gasteiger partial charge in [-0.1, -0.05) is 90.1 Å². The molecule has 8 bridgehead atoms. The zero-order chi connectivity index (χ0) is 43.3. The number of hydrogen-bond donors (Lipinski definition) is 0. The van der Waals surface area contributed by atoms with E-state index in [4.69, 9.17) is 14.7 Å². The van der Waals surface area contributed by atoms with E-state index in [2.05, 4.69) is 151 Å². The predicted octanol–water partition coefficient (Wildman–Crippen LogP) is 15.7. The monoisotopic (exact) mass is 841 g/mol. The Labute approximate surface area is 381 Å². The first-order valence-electron chi connectivity index (χ1n) is 25.1. The van der Waals surface area contributed by atoms with Crippen molar-refractivity contribution in [3.05, 3.63) is 165 Å². The summed E-state index contributed by atoms with van der Waals surface area (Å²) in [4.78, 5) is 11.8. The van der Waals surface area contributed by atoms with Crippen LogP contribution in [0.4, 0.5) is 0 Å². The minimum absolute atomic E-state index is 0.0834. The zero-order valence-corrected chi connectivity index (χ0v) is 38.9. The molecule has 3 heteroatoms. The summed E-state index contributed by atoms with van der Waals surface area (Å²) in [6.45, 7) is 13.9. The quantitative estimate of drug-likeness (QED) is 0.177. The maximum atomic E-state index is 7.04. The molecule has 4 atom stereocenters. The Balaban J connectivity index is 1.04. The van der Waals surface area contributed by atoms with Crippen molar-refractivity contribution in [2.24, 2.45) is 23.7 Å². The third kappa shape index (κ3) is 6.11. The number of pyridine rings is 2. The van der Waals surface area contributed by atoms with Crippen LogP contribution in [-0.4, -0.2) is 9.97 Å². The molecular formula is C61H64N2O. The van der Waals surface area contributed by atoms with Gasteiger partial charge in [0.05, 0.1) is 22.8 Å². The van der Waals surface area contributed by atoms with E-state index in [1.54, 1.807) is 22.3 Å². The average molecular weight is 841 g/mol. The van der Waals surface area contributed by atoms with E-state index < -0.39 is 5.41 Å². The molecule has 4 unspecified atom stereocenters. The molecule has 1 aliphatic heterocycles. The largest absolute Gasteiger partial charge is 0.457 e. The molecule has 0 radical (unpaired) electrons. The van der Waals surface area contributed by atoms with Crippen molar-refractivity contribution >= 4 is 0 Å². The summed E-state index contributed by atoms with van der Waals surface area (Å²) in [5.74, 6) is 8.09. The lowest BCUT2D eigenvalue weighted by molar-refractivity contribution is 0.165. The van der Waals surface area contributed by atoms with Gasteiger partial charge in [0, 0.05) is 22.3 Å². The van der Waals surface area contributed by atoms with Crippen LogP contribution in [0.15, 0.2) is 109 Å². The molecule has 4 aromatic carbocycles. The molecule has 4 fully saturated rings. The fraction of sp³-hybridized carbons (Fsp3) is 0.443. The van der Waals surface area contributed by atoms with E-state index in [0.717, 1.165) is 80.9 Å². The van der Waals surface area contributed by atoms with Crippen molar-refractivity contribution in [2.75, 3.05) is 0 Å². The lowest BCUT2D eigenvalue weighted by Gasteiger charge is -2.41. The highest BCUT2D eigenvalue weighted by Crippen LogP contribution is 2.60. The van der Waals surface area contributed by atoms with E-state index in [1.165, 1.54) is 86.5 Å². The van der Waals surface area contributed by atoms with Gasteiger partial charge in [-0.3, -0.25) is 9.97 Å². The van der Waals surface area contributed by atoms with Crippen LogP contribution < -0.4 is 4.74 Å². The summed E-state index contributed by atoms with van der Waals surface area (Å²) >= 11 is 0. The molecule has 0 spiro atoms. The average Bonchev–Trinajstić information content (AvgIpc) is 3.56. The molecule has 324 valence electrons. The van der Waals surface area contributed by atoms with Crippen LogP contribution in [0.5, 0.6) is 11.5 Å². The van der Waals surface area contributed by atoms with Gasteiger partial charge >= 0.3 is 0 Å². The number of aromatic nitrogens is 2. The molecule has 2 aromatic heterocycles. The highest BCUT2D eigenvalue weighted by atomic mass is 16.5. The van der Waals surface area contributed by atoms with E-state index >= 15 is 0 Å². The maximum Gasteiger partial charge on any atom is 0.132 e. The standard InChI is InChI=1S/C61H64N2O/c1-59(2,3)45-15-19-55-51(33-45)61(52-34-46(60(4,5)6)16-20-56(52)64-55,57-11-7-9-53(62-57)39-13-17-47-41-23-35-21-36(24-41)28-43(27-35)49(47)31-39)58-12-8-10-54(63-58)40-14-18-48-42-25-37-22-38(26-42)30-44(29-37)50(48)32-40/h7-20,31-38,41-44H,21-30H2,1-6H3. The summed E-state index contributed by atoms with van der Waals surface area (Å²) in [6, 6.07) is 42.2. The first-order chi connectivity index (χ1) is 30.8. The number of benzene rings is 4. The second-order valence-electron chi connectivity index (χ2n) is 23.9. The number of ether oxygens (including phenoxy) is 1. The lowest BCUT2D eigenvalue weighted by Crippen LogP contribution is -2.37. The van der Waals surface area contributed by atoms with Crippen LogP contribution in [-0.2, 0) is 16.2 Å². The third-order valence-electron chi connectivity index (χ3n) is 17.8. The lowest BCUT2D eigenvalue weighted by atomic mass is 9.65. The zero-order valence-electron chi connectivity index (χ0n) is 38.9. The molecule has 9 aliphatic rings. The first-order valence-corrected chi connectivity index (χ1v) is 25.1. The predicted molar refractivity (Wildman–Crippen MR) is 260 cm³/mol. The SMILES string of the molecule is CC(C)(C)c1ccc2c(c1)C(c1cccc(-c3ccc4c(c3)C3CC5CC(CC4C5)C3)n1)(c1cccc(-c3ccc4c(c3)C3CC5CC(CC4C5)C3)n1)c1cc(C(C)(C)C)ccc1O2. The Hall–Kier alpha value is -5.02. The highest BCUT2D eigenvalue weighted by Gasteiger charge is 2.50. The Bertz CT molecular complexity index is 2650. The molecule has 3 nitrogen and oxygen atoms in total. The Kier molecular flexibility index (Phi) is 8.61. The Morgan fingerprint density at radius 1 is 0.422 bits per heavy atom. The van der Waals surface area contributed by atoms with E-state index in [0.29, 0.717) is 11.8 Å². The van der Waals surface area contributed by atoms with Crippen LogP contribution in [0.2, 0.25) is 0 Å². The first kappa shape index (κ1) is 39.4. The van der Waals surface area contributed by atoms with Gasteiger partial charge in [-0.15, -0.1) is 0 Å². The van der Waals surface area contributed by atoms with Crippen molar-refractivity contribution in [1.82, 2.24) is 9.97 Å². The van der Waals surface area contributed by atoms with Crippen LogP contribution in [0, 0.1) is 23.7 Å². The molecule has 6 aromatic rings. The minimum atomic E-state index is -0.871. The third-order valence-corrected chi connectivity index (χ3v) is 17.8. The van der Waals surface area contributed by atoms with Gasteiger partial charge in [0.2, 0.25) is 0 Å². The fourth-order valence-electron chi connectivity index (χ4n) is 14.9. The minimum Gasteiger partial charge on any atom is -0.457 e. The summed E-state index contributed by atoms with van der Waals surface area (Å²) in [5, 5.41) is 0. The molecule has 0 amide bonds. The molecule has 3 heterocycles. The van der Waals surface area contributed by atoms with Crippen molar-refractivity contribution in [3.8, 4) is 34.0 Å². The second-order valence-corrected chi connectivity index (χ2v) is 23.9. The second kappa shape index (κ2) is 14.0. The van der Waals surface area contributed by atoms with Crippen LogP contribution in [0.3, 0.4) is 0 Å². The summed E-state index contributed by atoms with van der Waals surface area (Å²) in [6.07, 6.45) is 13.8. The van der Waals surface area contributed by atoms with Gasteiger partial charge < -0.3 is 4.74 Å². The Morgan fingerprint density at radius 3 is 1.20 bits per heavy atom.